The van der Waals surface area contributed by atoms with E-state index in [1.165, 1.54) is 6.07 Å². The Bertz CT molecular complexity index is 677. The summed E-state index contributed by atoms with van der Waals surface area (Å²) in [6.07, 6.45) is 1.65. The minimum absolute atomic E-state index is 0.00682. The molecule has 110 valence electrons. The summed E-state index contributed by atoms with van der Waals surface area (Å²) in [7, 11) is 0. The van der Waals surface area contributed by atoms with Crippen molar-refractivity contribution >= 4 is 5.91 Å². The first-order valence-electron chi connectivity index (χ1n) is 6.94. The summed E-state index contributed by atoms with van der Waals surface area (Å²) in [4.78, 5) is 31.0. The number of nitrogens with zero attached hydrogens (tertiary/aromatic N) is 1. The van der Waals surface area contributed by atoms with Gasteiger partial charge < -0.3 is 10.3 Å². The van der Waals surface area contributed by atoms with E-state index >= 15 is 0 Å². The number of pyridine rings is 2. The molecule has 0 unspecified atom stereocenters. The third-order valence-electron chi connectivity index (χ3n) is 3.45. The molecular weight excluding hydrogens is 266 g/mol. The van der Waals surface area contributed by atoms with Crippen LogP contribution in [0.3, 0.4) is 0 Å². The van der Waals surface area contributed by atoms with E-state index < -0.39 is 5.56 Å². The molecule has 0 aliphatic carbocycles. The van der Waals surface area contributed by atoms with Gasteiger partial charge in [-0.2, -0.15) is 0 Å². The predicted molar refractivity (Wildman–Crippen MR) is 82.1 cm³/mol. The standard InChI is InChI=1S/C16H19N3O2/c1-10(2)11(3)18-15(20)12-7-8-14(19-16(12)21)13-6-4-5-9-17-13/h4-11H,1-3H3,(H,18,20)(H,19,21)/t11-/m1/s1. The molecule has 2 heterocycles. The summed E-state index contributed by atoms with van der Waals surface area (Å²) in [5.41, 5.74) is 0.958. The summed E-state index contributed by atoms with van der Waals surface area (Å²) < 4.78 is 0. The SMILES string of the molecule is CC(C)[C@@H](C)NC(=O)c1ccc(-c2ccccn2)[nH]c1=O. The van der Waals surface area contributed by atoms with E-state index in [4.69, 9.17) is 0 Å². The second kappa shape index (κ2) is 6.35. The second-order valence-electron chi connectivity index (χ2n) is 5.34. The monoisotopic (exact) mass is 285 g/mol. The fourth-order valence-electron chi connectivity index (χ4n) is 1.78. The molecule has 2 aromatic rings. The number of hydrogen-bond acceptors (Lipinski definition) is 3. The van der Waals surface area contributed by atoms with Crippen LogP contribution in [0.15, 0.2) is 41.3 Å². The Morgan fingerprint density at radius 1 is 1.19 bits per heavy atom. The van der Waals surface area contributed by atoms with Crippen LogP contribution in [0.2, 0.25) is 0 Å². The normalized spacial score (nSPS) is 12.2. The fourth-order valence-corrected chi connectivity index (χ4v) is 1.78. The molecule has 0 radical (unpaired) electrons. The van der Waals surface area contributed by atoms with Gasteiger partial charge in [0.15, 0.2) is 0 Å². The Morgan fingerprint density at radius 2 is 1.95 bits per heavy atom. The van der Waals surface area contributed by atoms with E-state index in [9.17, 15) is 9.59 Å². The predicted octanol–water partition coefficient (Wildman–Crippen LogP) is 2.21. The highest BCUT2D eigenvalue weighted by atomic mass is 16.2. The molecule has 0 aliphatic rings. The summed E-state index contributed by atoms with van der Waals surface area (Å²) in [5.74, 6) is -0.0501. The van der Waals surface area contributed by atoms with Gasteiger partial charge in [0.25, 0.3) is 11.5 Å². The molecule has 5 nitrogen and oxygen atoms in total. The highest BCUT2D eigenvalue weighted by molar-refractivity contribution is 5.94. The maximum absolute atomic E-state index is 12.1. The number of hydrogen-bond donors (Lipinski definition) is 2. The van der Waals surface area contributed by atoms with Gasteiger partial charge in [-0.1, -0.05) is 19.9 Å². The lowest BCUT2D eigenvalue weighted by atomic mass is 10.1. The lowest BCUT2D eigenvalue weighted by Crippen LogP contribution is -2.38. The van der Waals surface area contributed by atoms with Gasteiger partial charge in [-0.25, -0.2) is 0 Å². The lowest BCUT2D eigenvalue weighted by Gasteiger charge is -2.17. The Kier molecular flexibility index (Phi) is 4.52. The van der Waals surface area contributed by atoms with Crippen LogP contribution in [-0.2, 0) is 0 Å². The van der Waals surface area contributed by atoms with Crippen LogP contribution in [0.25, 0.3) is 11.4 Å². The van der Waals surface area contributed by atoms with Crippen molar-refractivity contribution in [3.05, 3.63) is 52.4 Å². The molecule has 0 aromatic carbocycles. The van der Waals surface area contributed by atoms with Gasteiger partial charge in [-0.15, -0.1) is 0 Å². The van der Waals surface area contributed by atoms with Gasteiger partial charge in [-0.05, 0) is 37.1 Å². The van der Waals surface area contributed by atoms with Crippen LogP contribution in [-0.4, -0.2) is 21.9 Å². The molecule has 2 aromatic heterocycles. The average Bonchev–Trinajstić information content (AvgIpc) is 2.47. The zero-order valence-electron chi connectivity index (χ0n) is 12.4. The molecule has 1 atom stereocenters. The van der Waals surface area contributed by atoms with Gasteiger partial charge in [0.05, 0.1) is 11.4 Å². The molecule has 2 N–H and O–H groups in total. The van der Waals surface area contributed by atoms with Crippen molar-refractivity contribution in [1.29, 1.82) is 0 Å². The van der Waals surface area contributed by atoms with E-state index in [0.717, 1.165) is 0 Å². The minimum atomic E-state index is -0.411. The number of aromatic amines is 1. The van der Waals surface area contributed by atoms with E-state index in [1.807, 2.05) is 26.8 Å². The minimum Gasteiger partial charge on any atom is -0.349 e. The van der Waals surface area contributed by atoms with Crippen LogP contribution in [0, 0.1) is 5.92 Å². The molecule has 21 heavy (non-hydrogen) atoms. The first-order chi connectivity index (χ1) is 9.99. The Labute approximate surface area is 123 Å². The number of carbonyl (C=O) groups is 1. The van der Waals surface area contributed by atoms with Gasteiger partial charge >= 0.3 is 0 Å². The van der Waals surface area contributed by atoms with Crippen molar-refractivity contribution in [2.75, 3.05) is 0 Å². The van der Waals surface area contributed by atoms with Crippen LogP contribution >= 0.6 is 0 Å². The van der Waals surface area contributed by atoms with Crippen LogP contribution in [0.4, 0.5) is 0 Å². The fraction of sp³-hybridized carbons (Fsp3) is 0.312. The van der Waals surface area contributed by atoms with Crippen LogP contribution in [0.1, 0.15) is 31.1 Å². The molecule has 0 fully saturated rings. The zero-order valence-corrected chi connectivity index (χ0v) is 12.4. The van der Waals surface area contributed by atoms with Crippen molar-refractivity contribution in [1.82, 2.24) is 15.3 Å². The van der Waals surface area contributed by atoms with Gasteiger partial charge in [-0.3, -0.25) is 14.6 Å². The Balaban J connectivity index is 2.24. The molecule has 2 rings (SSSR count). The first kappa shape index (κ1) is 15.0. The third-order valence-corrected chi connectivity index (χ3v) is 3.45. The van der Waals surface area contributed by atoms with Crippen molar-refractivity contribution in [3.8, 4) is 11.4 Å². The summed E-state index contributed by atoms with van der Waals surface area (Å²) >= 11 is 0. The second-order valence-corrected chi connectivity index (χ2v) is 5.34. The van der Waals surface area contributed by atoms with Crippen molar-refractivity contribution in [2.45, 2.75) is 26.8 Å². The maximum Gasteiger partial charge on any atom is 0.261 e. The average molecular weight is 285 g/mol. The van der Waals surface area contributed by atoms with Crippen LogP contribution in [0.5, 0.6) is 0 Å². The van der Waals surface area contributed by atoms with E-state index in [-0.39, 0.29) is 17.5 Å². The largest absolute Gasteiger partial charge is 0.349 e. The van der Waals surface area contributed by atoms with E-state index in [2.05, 4.69) is 15.3 Å². The molecule has 0 spiro atoms. The summed E-state index contributed by atoms with van der Waals surface area (Å²) in [6.45, 7) is 5.94. The molecule has 0 saturated carbocycles. The number of carbonyl (C=O) groups excluding carboxylic acids is 1. The number of aromatic nitrogens is 2. The zero-order chi connectivity index (χ0) is 15.4. The highest BCUT2D eigenvalue weighted by Crippen LogP contribution is 2.11. The van der Waals surface area contributed by atoms with Gasteiger partial charge in [0.2, 0.25) is 0 Å². The number of rotatable bonds is 4. The van der Waals surface area contributed by atoms with E-state index in [1.54, 1.807) is 24.4 Å². The van der Waals surface area contributed by atoms with Crippen molar-refractivity contribution < 1.29 is 4.79 Å². The van der Waals surface area contributed by atoms with Crippen molar-refractivity contribution in [3.63, 3.8) is 0 Å². The summed E-state index contributed by atoms with van der Waals surface area (Å²) in [5, 5.41) is 2.82. The Hall–Kier alpha value is -2.43. The molecule has 0 aliphatic heterocycles. The third kappa shape index (κ3) is 3.56. The topological polar surface area (TPSA) is 74.8 Å². The number of amides is 1. The lowest BCUT2D eigenvalue weighted by molar-refractivity contribution is 0.0929. The smallest absolute Gasteiger partial charge is 0.261 e. The highest BCUT2D eigenvalue weighted by Gasteiger charge is 2.15. The number of nitrogens with one attached hydrogen (secondary N) is 2. The van der Waals surface area contributed by atoms with Crippen LogP contribution < -0.4 is 10.9 Å². The molecule has 5 heteroatoms. The van der Waals surface area contributed by atoms with E-state index in [0.29, 0.717) is 17.3 Å². The molecule has 0 bridgehead atoms. The number of H-pyrrole nitrogens is 1. The Morgan fingerprint density at radius 3 is 2.52 bits per heavy atom. The maximum atomic E-state index is 12.1. The van der Waals surface area contributed by atoms with Crippen molar-refractivity contribution in [2.24, 2.45) is 5.92 Å². The first-order valence-corrected chi connectivity index (χ1v) is 6.94. The summed E-state index contributed by atoms with van der Waals surface area (Å²) in [6, 6.07) is 8.67. The van der Waals surface area contributed by atoms with Gasteiger partial charge in [0.1, 0.15) is 5.56 Å². The van der Waals surface area contributed by atoms with Gasteiger partial charge in [0, 0.05) is 12.2 Å². The molecule has 0 saturated heterocycles. The quantitative estimate of drug-likeness (QED) is 0.904. The molecular formula is C16H19N3O2. The molecule has 1 amide bonds.